The van der Waals surface area contributed by atoms with Crippen LogP contribution in [-0.4, -0.2) is 30.6 Å². The highest BCUT2D eigenvalue weighted by Crippen LogP contribution is 2.21. The zero-order chi connectivity index (χ0) is 14.7. The summed E-state index contributed by atoms with van der Waals surface area (Å²) in [6.07, 6.45) is 0. The second-order valence-corrected chi connectivity index (χ2v) is 5.22. The minimum atomic E-state index is -0.134. The molecule has 5 nitrogen and oxygen atoms in total. The molecule has 5 heteroatoms. The van der Waals surface area contributed by atoms with Crippen molar-refractivity contribution in [1.82, 2.24) is 10.3 Å². The molecule has 1 aromatic heterocycles. The molecule has 0 saturated heterocycles. The van der Waals surface area contributed by atoms with Crippen LogP contribution in [0.4, 0.5) is 0 Å². The van der Waals surface area contributed by atoms with Crippen LogP contribution in [0, 0.1) is 0 Å². The van der Waals surface area contributed by atoms with E-state index < -0.39 is 0 Å². The predicted octanol–water partition coefficient (Wildman–Crippen LogP) is 2.72. The van der Waals surface area contributed by atoms with Crippen LogP contribution in [0.25, 0.3) is 11.1 Å². The second kappa shape index (κ2) is 6.05. The fourth-order valence-electron chi connectivity index (χ4n) is 1.93. The molecular weight excluding hydrogens is 256 g/mol. The van der Waals surface area contributed by atoms with Gasteiger partial charge in [-0.25, -0.2) is 4.98 Å². The minimum absolute atomic E-state index is 0.0354. The zero-order valence-electron chi connectivity index (χ0n) is 12.3. The van der Waals surface area contributed by atoms with Gasteiger partial charge in [0.1, 0.15) is 5.52 Å². The fraction of sp³-hybridized carbons (Fsp3) is 0.467. The second-order valence-electron chi connectivity index (χ2n) is 5.22. The van der Waals surface area contributed by atoms with Crippen LogP contribution in [0.3, 0.4) is 0 Å². The smallest absolute Gasteiger partial charge is 0.251 e. The number of carbonyl (C=O) groups is 1. The lowest BCUT2D eigenvalue weighted by molar-refractivity contribution is 0.0905. The Kier molecular flexibility index (Phi) is 4.39. The van der Waals surface area contributed by atoms with Crippen molar-refractivity contribution in [2.75, 3.05) is 13.7 Å². The highest BCUT2D eigenvalue weighted by atomic mass is 16.5. The quantitative estimate of drug-likeness (QED) is 0.912. The summed E-state index contributed by atoms with van der Waals surface area (Å²) in [6.45, 7) is 6.41. The van der Waals surface area contributed by atoms with Crippen LogP contribution in [0.15, 0.2) is 22.6 Å². The maximum absolute atomic E-state index is 12.1. The summed E-state index contributed by atoms with van der Waals surface area (Å²) >= 11 is 0. The molecule has 1 atom stereocenters. The number of aromatic nitrogens is 1. The summed E-state index contributed by atoms with van der Waals surface area (Å²) in [5, 5.41) is 2.87. The van der Waals surface area contributed by atoms with Crippen LogP contribution in [-0.2, 0) is 4.74 Å². The number of oxazole rings is 1. The molecular formula is C15H20N2O3. The van der Waals surface area contributed by atoms with E-state index in [-0.39, 0.29) is 17.9 Å². The maximum atomic E-state index is 12.1. The van der Waals surface area contributed by atoms with E-state index in [2.05, 4.69) is 10.3 Å². The molecule has 0 aliphatic heterocycles. The van der Waals surface area contributed by atoms with E-state index >= 15 is 0 Å². The van der Waals surface area contributed by atoms with E-state index in [1.807, 2.05) is 20.8 Å². The summed E-state index contributed by atoms with van der Waals surface area (Å²) in [6, 6.07) is 5.24. The average molecular weight is 276 g/mol. The van der Waals surface area contributed by atoms with Crippen molar-refractivity contribution in [2.45, 2.75) is 32.7 Å². The third-order valence-corrected chi connectivity index (χ3v) is 2.95. The topological polar surface area (TPSA) is 64.4 Å². The van der Waals surface area contributed by atoms with E-state index in [0.717, 1.165) is 0 Å². The van der Waals surface area contributed by atoms with Gasteiger partial charge in [-0.3, -0.25) is 4.79 Å². The molecule has 1 unspecified atom stereocenters. The fourth-order valence-corrected chi connectivity index (χ4v) is 1.93. The van der Waals surface area contributed by atoms with Gasteiger partial charge < -0.3 is 14.5 Å². The van der Waals surface area contributed by atoms with Gasteiger partial charge in [-0.15, -0.1) is 0 Å². The van der Waals surface area contributed by atoms with Crippen LogP contribution >= 0.6 is 0 Å². The summed E-state index contributed by atoms with van der Waals surface area (Å²) in [4.78, 5) is 16.5. The molecule has 0 fully saturated rings. The first kappa shape index (κ1) is 14.5. The molecule has 2 rings (SSSR count). The van der Waals surface area contributed by atoms with E-state index in [9.17, 15) is 4.79 Å². The van der Waals surface area contributed by atoms with Gasteiger partial charge in [0.05, 0.1) is 6.61 Å². The highest BCUT2D eigenvalue weighted by Gasteiger charge is 2.13. The molecule has 0 aliphatic rings. The number of benzene rings is 1. The predicted molar refractivity (Wildman–Crippen MR) is 76.9 cm³/mol. The van der Waals surface area contributed by atoms with E-state index in [4.69, 9.17) is 9.15 Å². The summed E-state index contributed by atoms with van der Waals surface area (Å²) in [5.74, 6) is 0.775. The molecule has 1 amide bonds. The third kappa shape index (κ3) is 3.17. The van der Waals surface area contributed by atoms with E-state index in [1.54, 1.807) is 25.3 Å². The van der Waals surface area contributed by atoms with Gasteiger partial charge in [-0.2, -0.15) is 0 Å². The van der Waals surface area contributed by atoms with E-state index in [1.165, 1.54) is 0 Å². The molecule has 0 saturated carbocycles. The Morgan fingerprint density at radius 2 is 2.15 bits per heavy atom. The number of hydrogen-bond acceptors (Lipinski definition) is 4. The highest BCUT2D eigenvalue weighted by molar-refractivity contribution is 5.97. The Balaban J connectivity index is 2.20. The van der Waals surface area contributed by atoms with Crippen molar-refractivity contribution in [1.29, 1.82) is 0 Å². The maximum Gasteiger partial charge on any atom is 0.251 e. The molecule has 108 valence electrons. The number of amides is 1. The first-order valence-corrected chi connectivity index (χ1v) is 6.71. The van der Waals surface area contributed by atoms with Crippen LogP contribution in [0.2, 0.25) is 0 Å². The third-order valence-electron chi connectivity index (χ3n) is 2.95. The summed E-state index contributed by atoms with van der Waals surface area (Å²) in [7, 11) is 1.61. The van der Waals surface area contributed by atoms with E-state index in [0.29, 0.717) is 29.2 Å². The van der Waals surface area contributed by atoms with Crippen molar-refractivity contribution >= 4 is 17.0 Å². The van der Waals surface area contributed by atoms with Gasteiger partial charge in [0.25, 0.3) is 5.91 Å². The van der Waals surface area contributed by atoms with Gasteiger partial charge in [0, 0.05) is 24.6 Å². The van der Waals surface area contributed by atoms with Crippen molar-refractivity contribution in [2.24, 2.45) is 0 Å². The number of ether oxygens (including phenoxy) is 1. The molecule has 2 aromatic rings. The van der Waals surface area contributed by atoms with Gasteiger partial charge in [-0.1, -0.05) is 13.8 Å². The molecule has 0 radical (unpaired) electrons. The first-order chi connectivity index (χ1) is 9.51. The average Bonchev–Trinajstić information content (AvgIpc) is 2.81. The number of methoxy groups -OCH3 is 1. The molecule has 1 aromatic carbocycles. The summed E-state index contributed by atoms with van der Waals surface area (Å²) < 4.78 is 10.6. The number of carbonyl (C=O) groups excluding carboxylic acids is 1. The number of nitrogens with zero attached hydrogens (tertiary/aromatic N) is 1. The van der Waals surface area contributed by atoms with Crippen LogP contribution < -0.4 is 5.32 Å². The van der Waals surface area contributed by atoms with Crippen LogP contribution in [0.5, 0.6) is 0 Å². The Labute approximate surface area is 118 Å². The Bertz CT molecular complexity index is 604. The lowest BCUT2D eigenvalue weighted by Crippen LogP contribution is -2.35. The van der Waals surface area contributed by atoms with Gasteiger partial charge in [0.2, 0.25) is 0 Å². The number of rotatable bonds is 5. The Morgan fingerprint density at radius 3 is 2.80 bits per heavy atom. The largest absolute Gasteiger partial charge is 0.440 e. The van der Waals surface area contributed by atoms with Gasteiger partial charge in [0.15, 0.2) is 11.5 Å². The molecule has 0 bridgehead atoms. The van der Waals surface area contributed by atoms with Gasteiger partial charge >= 0.3 is 0 Å². The van der Waals surface area contributed by atoms with Crippen molar-refractivity contribution in [3.63, 3.8) is 0 Å². The number of hydrogen-bond donors (Lipinski definition) is 1. The molecule has 1 heterocycles. The van der Waals surface area contributed by atoms with Crippen molar-refractivity contribution in [3.8, 4) is 0 Å². The molecule has 1 N–H and O–H groups in total. The standard InChI is InChI=1S/C15H20N2O3/c1-9(2)15-17-12-7-11(5-6-13(12)20-15)14(18)16-10(3)8-19-4/h5-7,9-10H,8H2,1-4H3,(H,16,18). The first-order valence-electron chi connectivity index (χ1n) is 6.71. The monoisotopic (exact) mass is 276 g/mol. The minimum Gasteiger partial charge on any atom is -0.440 e. The van der Waals surface area contributed by atoms with Crippen molar-refractivity contribution < 1.29 is 13.9 Å². The molecule has 0 spiro atoms. The van der Waals surface area contributed by atoms with Crippen LogP contribution in [0.1, 0.15) is 42.9 Å². The number of fused-ring (bicyclic) bond motifs is 1. The number of nitrogens with one attached hydrogen (secondary N) is 1. The van der Waals surface area contributed by atoms with Crippen molar-refractivity contribution in [3.05, 3.63) is 29.7 Å². The molecule has 20 heavy (non-hydrogen) atoms. The molecule has 0 aliphatic carbocycles. The Hall–Kier alpha value is -1.88. The normalized spacial score (nSPS) is 12.8. The lowest BCUT2D eigenvalue weighted by atomic mass is 10.2. The zero-order valence-corrected chi connectivity index (χ0v) is 12.3. The van der Waals surface area contributed by atoms with Gasteiger partial charge in [-0.05, 0) is 25.1 Å². The Morgan fingerprint density at radius 1 is 1.40 bits per heavy atom. The SMILES string of the molecule is COCC(C)NC(=O)c1ccc2oc(C(C)C)nc2c1. The summed E-state index contributed by atoms with van der Waals surface area (Å²) in [5.41, 5.74) is 1.99. The lowest BCUT2D eigenvalue weighted by Gasteiger charge is -2.12.